The predicted molar refractivity (Wildman–Crippen MR) is 93.2 cm³/mol. The molecule has 1 amide bonds. The van der Waals surface area contributed by atoms with Gasteiger partial charge in [0.05, 0.1) is 21.5 Å². The van der Waals surface area contributed by atoms with Gasteiger partial charge in [0.1, 0.15) is 10.8 Å². The van der Waals surface area contributed by atoms with Crippen molar-refractivity contribution in [3.05, 3.63) is 63.2 Å². The first-order chi connectivity index (χ1) is 12.7. The number of carbonyl (C=O) groups is 1. The van der Waals surface area contributed by atoms with E-state index < -0.39 is 38.0 Å². The molecule has 12 heteroatoms. The highest BCUT2D eigenvalue weighted by Gasteiger charge is 2.21. The van der Waals surface area contributed by atoms with E-state index in [2.05, 4.69) is 0 Å². The van der Waals surface area contributed by atoms with Crippen LogP contribution in [0.4, 0.5) is 5.69 Å². The van der Waals surface area contributed by atoms with Crippen LogP contribution in [-0.4, -0.2) is 25.9 Å². The molecule has 0 aliphatic heterocycles. The Balaban J connectivity index is 1.96. The van der Waals surface area contributed by atoms with Crippen LogP contribution >= 0.6 is 11.6 Å². The van der Waals surface area contributed by atoms with Crippen LogP contribution in [0.3, 0.4) is 0 Å². The van der Waals surface area contributed by atoms with Crippen molar-refractivity contribution in [1.82, 2.24) is 10.3 Å². The number of nitro benzene ring substituents is 1. The van der Waals surface area contributed by atoms with Crippen molar-refractivity contribution in [3.63, 3.8) is 0 Å². The van der Waals surface area contributed by atoms with Gasteiger partial charge in [0.25, 0.3) is 21.6 Å². The normalized spacial score (nSPS) is 10.7. The fourth-order valence-electron chi connectivity index (χ4n) is 1.79. The number of nitrogens with one attached hydrogen (secondary N) is 2. The second-order valence-electron chi connectivity index (χ2n) is 4.95. The lowest BCUT2D eigenvalue weighted by Gasteiger charge is -2.09. The van der Waals surface area contributed by atoms with Gasteiger partial charge in [0.2, 0.25) is 0 Å². The smallest absolute Gasteiger partial charge is 0.289 e. The summed E-state index contributed by atoms with van der Waals surface area (Å²) in [5.41, 5.74) is 1.75. The van der Waals surface area contributed by atoms with Gasteiger partial charge in [-0.3, -0.25) is 20.3 Å². The van der Waals surface area contributed by atoms with E-state index in [-0.39, 0.29) is 5.02 Å². The van der Waals surface area contributed by atoms with E-state index in [1.807, 2.05) is 11.5 Å². The first-order valence-corrected chi connectivity index (χ1v) is 8.96. The van der Waals surface area contributed by atoms with Crippen LogP contribution in [0.25, 0.3) is 0 Å². The molecule has 0 heterocycles. The summed E-state index contributed by atoms with van der Waals surface area (Å²) in [4.78, 5) is 23.1. The number of ether oxygens (including phenoxy) is 1. The maximum atomic E-state index is 12.1. The van der Waals surface area contributed by atoms with Crippen LogP contribution in [0.15, 0.2) is 47.4 Å². The third-order valence-electron chi connectivity index (χ3n) is 3.10. The highest BCUT2D eigenvalue weighted by atomic mass is 35.5. The summed E-state index contributed by atoms with van der Waals surface area (Å²) in [6.45, 7) is -0.505. The Labute approximate surface area is 158 Å². The van der Waals surface area contributed by atoms with E-state index in [0.717, 1.165) is 18.2 Å². The number of halogens is 1. The zero-order valence-corrected chi connectivity index (χ0v) is 15.0. The zero-order chi connectivity index (χ0) is 20.0. The maximum absolute atomic E-state index is 12.1. The number of hydrogen-bond donors (Lipinski definition) is 2. The summed E-state index contributed by atoms with van der Waals surface area (Å²) in [5.74, 6) is -0.508. The van der Waals surface area contributed by atoms with E-state index in [0.29, 0.717) is 11.3 Å². The molecule has 0 fully saturated rings. The minimum absolute atomic E-state index is 0.223. The number of rotatable bonds is 7. The van der Waals surface area contributed by atoms with Gasteiger partial charge in [0.15, 0.2) is 6.61 Å². The van der Waals surface area contributed by atoms with Crippen LogP contribution in [0.2, 0.25) is 5.02 Å². The highest BCUT2D eigenvalue weighted by Crippen LogP contribution is 2.26. The molecule has 0 bridgehead atoms. The summed E-state index contributed by atoms with van der Waals surface area (Å²) < 4.78 is 29.4. The van der Waals surface area contributed by atoms with Gasteiger partial charge in [-0.15, -0.1) is 4.83 Å². The van der Waals surface area contributed by atoms with Crippen LogP contribution in [-0.2, 0) is 14.8 Å². The Morgan fingerprint density at radius 2 is 1.93 bits per heavy atom. The number of amides is 1. The minimum atomic E-state index is -4.26. The van der Waals surface area contributed by atoms with Crippen molar-refractivity contribution < 1.29 is 22.9 Å². The van der Waals surface area contributed by atoms with Gasteiger partial charge in [-0.2, -0.15) is 5.26 Å². The second kappa shape index (κ2) is 8.45. The molecule has 2 N–H and O–H groups in total. The number of nitro groups is 1. The molecule has 0 atom stereocenters. The molecule has 140 valence electrons. The topological polar surface area (TPSA) is 151 Å². The average molecular weight is 411 g/mol. The lowest BCUT2D eigenvalue weighted by molar-refractivity contribution is -0.384. The molecular formula is C15H11ClN4O6S. The number of nitrogens with zero attached hydrogens (tertiary/aromatic N) is 2. The maximum Gasteiger partial charge on any atom is 0.289 e. The summed E-state index contributed by atoms with van der Waals surface area (Å²) in [7, 11) is -4.26. The lowest BCUT2D eigenvalue weighted by Crippen LogP contribution is -2.43. The second-order valence-corrected chi connectivity index (χ2v) is 7.04. The predicted octanol–water partition coefficient (Wildman–Crippen LogP) is 1.51. The van der Waals surface area contributed by atoms with E-state index in [1.54, 1.807) is 4.83 Å². The van der Waals surface area contributed by atoms with Gasteiger partial charge in [0, 0.05) is 6.07 Å². The fraction of sp³-hybridized carbons (Fsp3) is 0.0667. The summed E-state index contributed by atoms with van der Waals surface area (Å²) in [6.07, 6.45) is 0. The Kier molecular flexibility index (Phi) is 6.30. The Morgan fingerprint density at radius 3 is 2.52 bits per heavy atom. The van der Waals surface area contributed by atoms with Gasteiger partial charge in [-0.25, -0.2) is 8.42 Å². The van der Waals surface area contributed by atoms with E-state index >= 15 is 0 Å². The Morgan fingerprint density at radius 1 is 1.26 bits per heavy atom. The van der Waals surface area contributed by atoms with Crippen molar-refractivity contribution in [2.45, 2.75) is 4.90 Å². The molecule has 0 aliphatic carbocycles. The van der Waals surface area contributed by atoms with Gasteiger partial charge in [-0.1, -0.05) is 11.6 Å². The zero-order valence-electron chi connectivity index (χ0n) is 13.4. The van der Waals surface area contributed by atoms with E-state index in [1.165, 1.54) is 24.3 Å². The van der Waals surface area contributed by atoms with Gasteiger partial charge >= 0.3 is 0 Å². The number of nitriles is 1. The molecule has 27 heavy (non-hydrogen) atoms. The third kappa shape index (κ3) is 5.38. The molecule has 2 aromatic rings. The summed E-state index contributed by atoms with van der Waals surface area (Å²) in [6, 6.07) is 10.7. The third-order valence-corrected chi connectivity index (χ3v) is 4.67. The molecule has 0 unspecified atom stereocenters. The monoisotopic (exact) mass is 410 g/mol. The SMILES string of the molecule is N#Cc1ccc(OCC(=O)NNS(=O)(=O)c2ccc(Cl)c([N+](=O)[O-])c2)cc1. The number of benzene rings is 2. The quantitative estimate of drug-likeness (QED) is 0.518. The fourth-order valence-corrected chi connectivity index (χ4v) is 2.86. The van der Waals surface area contributed by atoms with Crippen LogP contribution in [0, 0.1) is 21.4 Å². The first-order valence-electron chi connectivity index (χ1n) is 7.10. The number of hydrogen-bond acceptors (Lipinski definition) is 7. The van der Waals surface area contributed by atoms with Crippen molar-refractivity contribution >= 4 is 33.2 Å². The molecule has 2 aromatic carbocycles. The van der Waals surface area contributed by atoms with Crippen LogP contribution in [0.5, 0.6) is 5.75 Å². The Bertz CT molecular complexity index is 1020. The van der Waals surface area contributed by atoms with Gasteiger partial charge in [-0.05, 0) is 36.4 Å². The van der Waals surface area contributed by atoms with Crippen molar-refractivity contribution in [1.29, 1.82) is 5.26 Å². The number of sulfonamides is 1. The lowest BCUT2D eigenvalue weighted by atomic mass is 10.2. The summed E-state index contributed by atoms with van der Waals surface area (Å²) in [5, 5.41) is 19.3. The van der Waals surface area contributed by atoms with Crippen LogP contribution < -0.4 is 15.0 Å². The molecule has 0 spiro atoms. The van der Waals surface area contributed by atoms with Crippen LogP contribution in [0.1, 0.15) is 5.56 Å². The molecule has 0 radical (unpaired) electrons. The van der Waals surface area contributed by atoms with E-state index in [4.69, 9.17) is 21.6 Å². The number of carbonyl (C=O) groups excluding carboxylic acids is 1. The Hall–Kier alpha value is -3.20. The van der Waals surface area contributed by atoms with Crippen molar-refractivity contribution in [2.24, 2.45) is 0 Å². The minimum Gasteiger partial charge on any atom is -0.484 e. The van der Waals surface area contributed by atoms with Crippen molar-refractivity contribution in [2.75, 3.05) is 6.61 Å². The van der Waals surface area contributed by atoms with Crippen molar-refractivity contribution in [3.8, 4) is 11.8 Å². The molecule has 10 nitrogen and oxygen atoms in total. The largest absolute Gasteiger partial charge is 0.484 e. The standard InChI is InChI=1S/C15H11ClN4O6S/c16-13-6-5-12(7-14(13)20(22)23)27(24,25)19-18-15(21)9-26-11-3-1-10(8-17)2-4-11/h1-7,19H,9H2,(H,18,21). The highest BCUT2D eigenvalue weighted by molar-refractivity contribution is 7.89. The molecule has 0 aliphatic rings. The molecule has 2 rings (SSSR count). The average Bonchev–Trinajstić information content (AvgIpc) is 2.65. The molecular weight excluding hydrogens is 400 g/mol. The summed E-state index contributed by atoms with van der Waals surface area (Å²) >= 11 is 5.63. The molecule has 0 aromatic heterocycles. The van der Waals surface area contributed by atoms with E-state index in [9.17, 15) is 23.3 Å². The molecule has 0 saturated carbocycles. The van der Waals surface area contributed by atoms with Gasteiger partial charge < -0.3 is 4.74 Å². The first kappa shape index (κ1) is 20.1. The molecule has 0 saturated heterocycles. The number of hydrazine groups is 1.